The first-order valence-electron chi connectivity index (χ1n) is 6.19. The van der Waals surface area contributed by atoms with Gasteiger partial charge >= 0.3 is 0 Å². The smallest absolute Gasteiger partial charge is 0.262 e. The van der Waals surface area contributed by atoms with Gasteiger partial charge in [0.25, 0.3) is 5.92 Å². The van der Waals surface area contributed by atoms with Gasteiger partial charge in [0.15, 0.2) is 0 Å². The minimum atomic E-state index is -2.89. The number of hydrogen-bond acceptors (Lipinski definition) is 5. The molecule has 6 nitrogen and oxygen atoms in total. The highest BCUT2D eigenvalue weighted by Gasteiger charge is 2.44. The Morgan fingerprint density at radius 1 is 1.47 bits per heavy atom. The van der Waals surface area contributed by atoms with E-state index in [0.717, 1.165) is 0 Å². The van der Waals surface area contributed by atoms with E-state index in [1.807, 2.05) is 0 Å². The standard InChI is InChI=1S/C11H18F2N2O4/c1-5-8(9(17)7(16)3-19-5)15-10(18)6-2-11(12,13)4-14-6/h5-9,14,16-17H,2-4H2,1H3,(H,15,18)/t5-,6+,7+,8-,9-/m0/s1. The fourth-order valence-electron chi connectivity index (χ4n) is 2.34. The second-order valence-electron chi connectivity index (χ2n) is 5.12. The molecule has 0 aliphatic carbocycles. The van der Waals surface area contributed by atoms with E-state index in [9.17, 15) is 23.8 Å². The van der Waals surface area contributed by atoms with Crippen molar-refractivity contribution in [1.29, 1.82) is 0 Å². The highest BCUT2D eigenvalue weighted by molar-refractivity contribution is 5.82. The Hall–Kier alpha value is -0.830. The lowest BCUT2D eigenvalue weighted by Crippen LogP contribution is -2.61. The van der Waals surface area contributed by atoms with Crippen molar-refractivity contribution in [2.45, 2.75) is 49.7 Å². The van der Waals surface area contributed by atoms with Crippen molar-refractivity contribution in [2.24, 2.45) is 0 Å². The van der Waals surface area contributed by atoms with Crippen molar-refractivity contribution in [3.63, 3.8) is 0 Å². The van der Waals surface area contributed by atoms with Gasteiger partial charge in [-0.1, -0.05) is 0 Å². The fourth-order valence-corrected chi connectivity index (χ4v) is 2.34. The van der Waals surface area contributed by atoms with E-state index in [-0.39, 0.29) is 6.61 Å². The van der Waals surface area contributed by atoms with Gasteiger partial charge in [0.1, 0.15) is 12.2 Å². The molecule has 0 unspecified atom stereocenters. The van der Waals surface area contributed by atoms with Gasteiger partial charge < -0.3 is 20.3 Å². The Morgan fingerprint density at radius 3 is 2.74 bits per heavy atom. The van der Waals surface area contributed by atoms with Crippen molar-refractivity contribution >= 4 is 5.91 Å². The lowest BCUT2D eigenvalue weighted by atomic mass is 9.97. The van der Waals surface area contributed by atoms with Gasteiger partial charge in [0.2, 0.25) is 5.91 Å². The summed E-state index contributed by atoms with van der Waals surface area (Å²) in [6.45, 7) is 1.08. The van der Waals surface area contributed by atoms with Gasteiger partial charge in [-0.15, -0.1) is 0 Å². The summed E-state index contributed by atoms with van der Waals surface area (Å²) in [6, 6.07) is -1.80. The van der Waals surface area contributed by atoms with Gasteiger partial charge in [-0.05, 0) is 6.92 Å². The Morgan fingerprint density at radius 2 is 2.16 bits per heavy atom. The normalized spacial score (nSPS) is 42.1. The number of nitrogens with one attached hydrogen (secondary N) is 2. The van der Waals surface area contributed by atoms with Gasteiger partial charge in [-0.2, -0.15) is 0 Å². The zero-order valence-electron chi connectivity index (χ0n) is 10.5. The molecule has 2 rings (SSSR count). The van der Waals surface area contributed by atoms with Gasteiger partial charge in [0, 0.05) is 6.42 Å². The monoisotopic (exact) mass is 280 g/mol. The SMILES string of the molecule is C[C@@H]1OC[C@@H](O)[C@H](O)[C@H]1NC(=O)[C@H]1CC(F)(F)CN1. The molecule has 0 aromatic heterocycles. The predicted molar refractivity (Wildman–Crippen MR) is 60.7 cm³/mol. The number of carbonyl (C=O) groups is 1. The molecular formula is C11H18F2N2O4. The van der Waals surface area contributed by atoms with Crippen LogP contribution in [0.3, 0.4) is 0 Å². The molecule has 0 aromatic rings. The molecule has 19 heavy (non-hydrogen) atoms. The van der Waals surface area contributed by atoms with Crippen LogP contribution in [-0.2, 0) is 9.53 Å². The van der Waals surface area contributed by atoms with Crippen LogP contribution in [0.5, 0.6) is 0 Å². The molecule has 2 fully saturated rings. The average Bonchev–Trinajstić information content (AvgIpc) is 2.70. The molecule has 0 spiro atoms. The van der Waals surface area contributed by atoms with Crippen LogP contribution in [0.1, 0.15) is 13.3 Å². The summed E-state index contributed by atoms with van der Waals surface area (Å²) >= 11 is 0. The highest BCUT2D eigenvalue weighted by Crippen LogP contribution is 2.25. The number of halogens is 2. The van der Waals surface area contributed by atoms with Crippen LogP contribution in [0.4, 0.5) is 8.78 Å². The molecule has 5 atom stereocenters. The first kappa shape index (κ1) is 14.6. The number of hydrogen-bond donors (Lipinski definition) is 4. The molecule has 0 radical (unpaired) electrons. The van der Waals surface area contributed by atoms with E-state index < -0.39 is 55.2 Å². The maximum absolute atomic E-state index is 13.0. The molecule has 2 aliphatic heterocycles. The number of rotatable bonds is 2. The lowest BCUT2D eigenvalue weighted by molar-refractivity contribution is -0.146. The van der Waals surface area contributed by atoms with Gasteiger partial charge in [-0.3, -0.25) is 10.1 Å². The van der Waals surface area contributed by atoms with E-state index in [0.29, 0.717) is 0 Å². The summed E-state index contributed by atoms with van der Waals surface area (Å²) in [4.78, 5) is 11.8. The maximum atomic E-state index is 13.0. The molecule has 4 N–H and O–H groups in total. The van der Waals surface area contributed by atoms with Gasteiger partial charge in [0.05, 0.1) is 31.3 Å². The first-order chi connectivity index (χ1) is 8.80. The Labute approximate surface area is 109 Å². The number of carbonyl (C=O) groups excluding carboxylic acids is 1. The molecule has 0 aromatic carbocycles. The molecule has 2 saturated heterocycles. The second kappa shape index (κ2) is 5.28. The van der Waals surface area contributed by atoms with Crippen LogP contribution in [0.2, 0.25) is 0 Å². The molecule has 2 aliphatic rings. The predicted octanol–water partition coefficient (Wildman–Crippen LogP) is -1.39. The summed E-state index contributed by atoms with van der Waals surface area (Å²) in [7, 11) is 0. The van der Waals surface area contributed by atoms with Gasteiger partial charge in [-0.25, -0.2) is 8.78 Å². The van der Waals surface area contributed by atoms with Crippen molar-refractivity contribution < 1.29 is 28.5 Å². The molecular weight excluding hydrogens is 262 g/mol. The van der Waals surface area contributed by atoms with E-state index in [2.05, 4.69) is 10.6 Å². The third kappa shape index (κ3) is 3.19. The summed E-state index contributed by atoms with van der Waals surface area (Å²) in [5.41, 5.74) is 0. The van der Waals surface area contributed by atoms with Crippen molar-refractivity contribution in [1.82, 2.24) is 10.6 Å². The molecule has 0 saturated carbocycles. The van der Waals surface area contributed by atoms with Crippen molar-refractivity contribution in [3.8, 4) is 0 Å². The summed E-state index contributed by atoms with van der Waals surface area (Å²) in [5, 5.41) is 24.1. The van der Waals surface area contributed by atoms with E-state index >= 15 is 0 Å². The van der Waals surface area contributed by atoms with Crippen LogP contribution < -0.4 is 10.6 Å². The molecule has 1 amide bonds. The molecule has 110 valence electrons. The quantitative estimate of drug-likeness (QED) is 0.500. The average molecular weight is 280 g/mol. The largest absolute Gasteiger partial charge is 0.388 e. The second-order valence-corrected chi connectivity index (χ2v) is 5.12. The third-order valence-corrected chi connectivity index (χ3v) is 3.53. The highest BCUT2D eigenvalue weighted by atomic mass is 19.3. The van der Waals surface area contributed by atoms with Crippen LogP contribution >= 0.6 is 0 Å². The van der Waals surface area contributed by atoms with Crippen LogP contribution in [0.15, 0.2) is 0 Å². The lowest BCUT2D eigenvalue weighted by Gasteiger charge is -2.37. The zero-order valence-corrected chi connectivity index (χ0v) is 10.5. The minimum absolute atomic E-state index is 0.0194. The molecule has 0 bridgehead atoms. The molecule has 8 heteroatoms. The molecule has 2 heterocycles. The topological polar surface area (TPSA) is 90.8 Å². The van der Waals surface area contributed by atoms with Crippen molar-refractivity contribution in [3.05, 3.63) is 0 Å². The minimum Gasteiger partial charge on any atom is -0.388 e. The summed E-state index contributed by atoms with van der Waals surface area (Å²) in [5.74, 6) is -3.51. The number of aliphatic hydroxyl groups excluding tert-OH is 2. The van der Waals surface area contributed by atoms with E-state index in [1.165, 1.54) is 0 Å². The van der Waals surface area contributed by atoms with Crippen molar-refractivity contribution in [2.75, 3.05) is 13.2 Å². The number of ether oxygens (including phenoxy) is 1. The first-order valence-corrected chi connectivity index (χ1v) is 6.19. The number of amides is 1. The Balaban J connectivity index is 1.94. The van der Waals surface area contributed by atoms with Crippen LogP contribution in [-0.4, -0.2) is 65.6 Å². The number of alkyl halides is 2. The van der Waals surface area contributed by atoms with Crippen LogP contribution in [0, 0.1) is 0 Å². The Bertz CT molecular complexity index is 356. The van der Waals surface area contributed by atoms with Crippen LogP contribution in [0.25, 0.3) is 0 Å². The van der Waals surface area contributed by atoms with E-state index in [1.54, 1.807) is 6.92 Å². The fraction of sp³-hybridized carbons (Fsp3) is 0.909. The summed E-state index contributed by atoms with van der Waals surface area (Å²) < 4.78 is 31.2. The van der Waals surface area contributed by atoms with E-state index in [4.69, 9.17) is 4.74 Å². The third-order valence-electron chi connectivity index (χ3n) is 3.53. The zero-order chi connectivity index (χ0) is 14.2. The number of aliphatic hydroxyl groups is 2. The Kier molecular flexibility index (Phi) is 4.05. The maximum Gasteiger partial charge on any atom is 0.262 e. The summed E-state index contributed by atoms with van der Waals surface area (Å²) in [6.07, 6.45) is -3.34.